The first-order chi connectivity index (χ1) is 17.5. The number of carbonyl (C=O) groups excluding carboxylic acids is 1. The Balaban J connectivity index is 1.43. The molecule has 190 valence electrons. The Morgan fingerprint density at radius 2 is 1.95 bits per heavy atom. The van der Waals surface area contributed by atoms with E-state index < -0.39 is 27.8 Å². The van der Waals surface area contributed by atoms with E-state index >= 15 is 0 Å². The molecule has 13 heteroatoms. The first-order valence-corrected chi connectivity index (χ1v) is 12.8. The van der Waals surface area contributed by atoms with E-state index in [9.17, 15) is 27.5 Å². The van der Waals surface area contributed by atoms with Crippen molar-refractivity contribution in [1.29, 1.82) is 0 Å². The molecule has 4 aromatic rings. The van der Waals surface area contributed by atoms with Crippen molar-refractivity contribution in [3.63, 3.8) is 0 Å². The summed E-state index contributed by atoms with van der Waals surface area (Å²) in [5.74, 6) is -1.97. The molecule has 1 atom stereocenters. The third-order valence-electron chi connectivity index (χ3n) is 6.18. The van der Waals surface area contributed by atoms with Crippen LogP contribution in [0.3, 0.4) is 0 Å². The summed E-state index contributed by atoms with van der Waals surface area (Å²) in [4.78, 5) is 32.5. The molecule has 2 aromatic heterocycles. The SMILES string of the molecule is Cc1cc(CNC(=O)c2ncnc3c(NC4CS(=O)(=O)c5cc(C(=O)O)ccc54)n(C)nc23)ccc1F. The highest BCUT2D eigenvalue weighted by molar-refractivity contribution is 7.91. The first-order valence-electron chi connectivity index (χ1n) is 11.1. The molecule has 1 aliphatic heterocycles. The maximum absolute atomic E-state index is 13.5. The van der Waals surface area contributed by atoms with Gasteiger partial charge in [0.15, 0.2) is 21.3 Å². The van der Waals surface area contributed by atoms with E-state index in [1.54, 1.807) is 26.1 Å². The predicted octanol–water partition coefficient (Wildman–Crippen LogP) is 2.38. The Morgan fingerprint density at radius 1 is 1.16 bits per heavy atom. The fourth-order valence-corrected chi connectivity index (χ4v) is 6.08. The van der Waals surface area contributed by atoms with Crippen LogP contribution in [0.25, 0.3) is 11.0 Å². The molecule has 0 saturated heterocycles. The van der Waals surface area contributed by atoms with Crippen LogP contribution in [0.15, 0.2) is 47.6 Å². The number of aromatic carboxylic acids is 1. The lowest BCUT2D eigenvalue weighted by molar-refractivity contribution is 0.0696. The minimum Gasteiger partial charge on any atom is -0.478 e. The lowest BCUT2D eigenvalue weighted by atomic mass is 10.1. The van der Waals surface area contributed by atoms with Gasteiger partial charge in [0.2, 0.25) is 0 Å². The molecule has 3 N–H and O–H groups in total. The Hall–Kier alpha value is -4.39. The quantitative estimate of drug-likeness (QED) is 0.345. The molecule has 0 fully saturated rings. The number of carbonyl (C=O) groups is 2. The van der Waals surface area contributed by atoms with Crippen molar-refractivity contribution < 1.29 is 27.5 Å². The minimum atomic E-state index is -3.72. The van der Waals surface area contributed by atoms with Crippen molar-refractivity contribution in [2.75, 3.05) is 11.1 Å². The predicted molar refractivity (Wildman–Crippen MR) is 130 cm³/mol. The second-order valence-corrected chi connectivity index (χ2v) is 10.7. The summed E-state index contributed by atoms with van der Waals surface area (Å²) >= 11 is 0. The highest BCUT2D eigenvalue weighted by atomic mass is 32.2. The van der Waals surface area contributed by atoms with Gasteiger partial charge in [-0.3, -0.25) is 9.48 Å². The number of nitrogens with zero attached hydrogens (tertiary/aromatic N) is 4. The third kappa shape index (κ3) is 4.37. The largest absolute Gasteiger partial charge is 0.478 e. The summed E-state index contributed by atoms with van der Waals surface area (Å²) < 4.78 is 40.4. The van der Waals surface area contributed by atoms with Crippen LogP contribution in [0.4, 0.5) is 10.2 Å². The molecular weight excluding hydrogens is 503 g/mol. The van der Waals surface area contributed by atoms with E-state index in [1.165, 1.54) is 29.2 Å². The molecule has 0 saturated carbocycles. The van der Waals surface area contributed by atoms with E-state index in [-0.39, 0.29) is 39.8 Å². The van der Waals surface area contributed by atoms with Crippen molar-refractivity contribution in [3.8, 4) is 0 Å². The van der Waals surface area contributed by atoms with Gasteiger partial charge >= 0.3 is 5.97 Å². The number of halogens is 1. The zero-order valence-electron chi connectivity index (χ0n) is 19.7. The van der Waals surface area contributed by atoms with Crippen LogP contribution >= 0.6 is 0 Å². The van der Waals surface area contributed by atoms with E-state index in [0.29, 0.717) is 28.0 Å². The first kappa shape index (κ1) is 24.3. The zero-order valence-corrected chi connectivity index (χ0v) is 20.5. The lowest BCUT2D eigenvalue weighted by Crippen LogP contribution is -2.24. The number of hydrogen-bond acceptors (Lipinski definition) is 8. The summed E-state index contributed by atoms with van der Waals surface area (Å²) in [5.41, 5.74) is 2.04. The summed E-state index contributed by atoms with van der Waals surface area (Å²) in [5, 5.41) is 19.5. The second-order valence-electron chi connectivity index (χ2n) is 8.69. The molecule has 5 rings (SSSR count). The average molecular weight is 525 g/mol. The van der Waals surface area contributed by atoms with Gasteiger partial charge in [0.25, 0.3) is 5.91 Å². The van der Waals surface area contributed by atoms with E-state index in [1.807, 2.05) is 0 Å². The van der Waals surface area contributed by atoms with Gasteiger partial charge in [-0.2, -0.15) is 5.10 Å². The molecule has 0 spiro atoms. The van der Waals surface area contributed by atoms with Gasteiger partial charge in [-0.25, -0.2) is 27.6 Å². The summed E-state index contributed by atoms with van der Waals surface area (Å²) in [6.45, 7) is 1.79. The summed E-state index contributed by atoms with van der Waals surface area (Å²) in [6.07, 6.45) is 1.21. The third-order valence-corrected chi connectivity index (χ3v) is 7.97. The van der Waals surface area contributed by atoms with E-state index in [2.05, 4.69) is 25.7 Å². The number of aromatic nitrogens is 4. The van der Waals surface area contributed by atoms with Gasteiger partial charge in [-0.15, -0.1) is 0 Å². The zero-order chi connectivity index (χ0) is 26.5. The number of benzene rings is 2. The molecule has 0 bridgehead atoms. The number of carboxylic acid groups (broad SMARTS) is 1. The van der Waals surface area contributed by atoms with Crippen LogP contribution in [-0.2, 0) is 23.4 Å². The van der Waals surface area contributed by atoms with Gasteiger partial charge in [0, 0.05) is 13.6 Å². The Bertz CT molecular complexity index is 1700. The van der Waals surface area contributed by atoms with Crippen molar-refractivity contribution in [3.05, 3.63) is 76.5 Å². The molecule has 2 aromatic carbocycles. The summed E-state index contributed by atoms with van der Waals surface area (Å²) in [7, 11) is -2.10. The van der Waals surface area contributed by atoms with Crippen LogP contribution in [0.2, 0.25) is 0 Å². The molecule has 11 nitrogen and oxygen atoms in total. The number of nitrogens with one attached hydrogen (secondary N) is 2. The standard InChI is InChI=1S/C24H21FN6O5S/c1-12-7-13(3-6-16(12)25)9-26-23(32)21-19-20(27-11-28-21)22(31(2)30-19)29-17-10-37(35,36)18-8-14(24(33)34)4-5-15(17)18/h3-8,11,17,29H,9-10H2,1-2H3,(H,26,32)(H,33,34). The van der Waals surface area contributed by atoms with E-state index in [4.69, 9.17) is 0 Å². The molecule has 0 radical (unpaired) electrons. The molecule has 1 unspecified atom stereocenters. The van der Waals surface area contributed by atoms with E-state index in [0.717, 1.165) is 6.07 Å². The number of anilines is 1. The van der Waals surface area contributed by atoms with Crippen molar-refractivity contribution in [2.45, 2.75) is 24.4 Å². The Morgan fingerprint density at radius 3 is 2.68 bits per heavy atom. The fourth-order valence-electron chi connectivity index (χ4n) is 4.32. The van der Waals surface area contributed by atoms with Gasteiger partial charge in [-0.1, -0.05) is 18.2 Å². The molecule has 37 heavy (non-hydrogen) atoms. The average Bonchev–Trinajstić information content (AvgIpc) is 3.31. The monoisotopic (exact) mass is 524 g/mol. The Labute approximate surface area is 210 Å². The number of fused-ring (bicyclic) bond motifs is 2. The number of hydrogen-bond donors (Lipinski definition) is 3. The molecule has 0 aliphatic carbocycles. The van der Waals surface area contributed by atoms with Gasteiger partial charge in [0.1, 0.15) is 23.2 Å². The van der Waals surface area contributed by atoms with Crippen LogP contribution in [0.5, 0.6) is 0 Å². The molecular formula is C24H21FN6O5S. The number of rotatable bonds is 6. The number of aryl methyl sites for hydroxylation is 2. The fraction of sp³-hybridized carbons (Fsp3) is 0.208. The molecule has 1 aliphatic rings. The Kier molecular flexibility index (Phi) is 5.86. The summed E-state index contributed by atoms with van der Waals surface area (Å²) in [6, 6.07) is 7.85. The maximum Gasteiger partial charge on any atom is 0.335 e. The number of carboxylic acids is 1. The minimum absolute atomic E-state index is 0.0260. The van der Waals surface area contributed by atoms with Crippen LogP contribution in [-0.4, -0.2) is 50.9 Å². The smallest absolute Gasteiger partial charge is 0.335 e. The molecule has 1 amide bonds. The highest BCUT2D eigenvalue weighted by Crippen LogP contribution is 2.37. The topological polar surface area (TPSA) is 156 Å². The highest BCUT2D eigenvalue weighted by Gasteiger charge is 2.36. The lowest BCUT2D eigenvalue weighted by Gasteiger charge is -2.14. The van der Waals surface area contributed by atoms with Gasteiger partial charge in [-0.05, 0) is 41.8 Å². The van der Waals surface area contributed by atoms with Crippen LogP contribution in [0.1, 0.15) is 43.6 Å². The van der Waals surface area contributed by atoms with Crippen molar-refractivity contribution in [2.24, 2.45) is 7.05 Å². The maximum atomic E-state index is 13.5. The second kappa shape index (κ2) is 8.92. The van der Waals surface area contributed by atoms with Crippen molar-refractivity contribution in [1.82, 2.24) is 25.1 Å². The van der Waals surface area contributed by atoms with Crippen molar-refractivity contribution >= 4 is 38.6 Å². The number of amides is 1. The van der Waals surface area contributed by atoms with Crippen LogP contribution < -0.4 is 10.6 Å². The molecule has 3 heterocycles. The van der Waals surface area contributed by atoms with Gasteiger partial charge in [0.05, 0.1) is 22.3 Å². The van der Waals surface area contributed by atoms with Crippen LogP contribution in [0, 0.1) is 12.7 Å². The number of sulfone groups is 1. The normalized spacial score (nSPS) is 15.9. The van der Waals surface area contributed by atoms with Gasteiger partial charge < -0.3 is 15.7 Å².